The number of methoxy groups -OCH3 is 1. The van der Waals surface area contributed by atoms with E-state index in [1.165, 1.54) is 19.2 Å². The maximum atomic E-state index is 13.2. The van der Waals surface area contributed by atoms with Gasteiger partial charge in [0.1, 0.15) is 17.7 Å². The van der Waals surface area contributed by atoms with E-state index in [-0.39, 0.29) is 11.8 Å². The first-order chi connectivity index (χ1) is 14.4. The van der Waals surface area contributed by atoms with Gasteiger partial charge in [0.2, 0.25) is 0 Å². The fraction of sp³-hybridized carbons (Fsp3) is 0.364. The highest BCUT2D eigenvalue weighted by atomic mass is 19.1. The van der Waals surface area contributed by atoms with Crippen LogP contribution in [0.4, 0.5) is 4.39 Å². The zero-order valence-electron chi connectivity index (χ0n) is 17.3. The van der Waals surface area contributed by atoms with Crippen LogP contribution in [0.15, 0.2) is 36.4 Å². The van der Waals surface area contributed by atoms with Gasteiger partial charge in [-0.1, -0.05) is 12.1 Å². The quantitative estimate of drug-likeness (QED) is 0.572. The van der Waals surface area contributed by atoms with Crippen molar-refractivity contribution >= 4 is 5.97 Å². The summed E-state index contributed by atoms with van der Waals surface area (Å²) in [6.07, 6.45) is 1.23. The summed E-state index contributed by atoms with van der Waals surface area (Å²) >= 11 is 0. The second-order valence-electron chi connectivity index (χ2n) is 7.20. The monoisotopic (exact) mass is 412 g/mol. The highest BCUT2D eigenvalue weighted by Crippen LogP contribution is 2.17. The summed E-state index contributed by atoms with van der Waals surface area (Å²) in [6.45, 7) is 3.92. The van der Waals surface area contributed by atoms with Gasteiger partial charge in [-0.2, -0.15) is 0 Å². The van der Waals surface area contributed by atoms with E-state index in [0.717, 1.165) is 29.2 Å². The molecular formula is C22H25FN4O3. The number of nitrogens with zero attached hydrogens (tertiary/aromatic N) is 4. The molecule has 0 radical (unpaired) electrons. The van der Waals surface area contributed by atoms with E-state index >= 15 is 0 Å². The summed E-state index contributed by atoms with van der Waals surface area (Å²) in [7, 11) is 1.35. The summed E-state index contributed by atoms with van der Waals surface area (Å²) in [5.41, 5.74) is 2.93. The SMILES string of the molecule is COC(=O)c1cc(C)nc(CCCc2nnc(C(C)O)n2Cc2ccc(F)cc2)c1. The molecule has 0 fully saturated rings. The fourth-order valence-corrected chi connectivity index (χ4v) is 3.32. The normalized spacial score (nSPS) is 12.0. The lowest BCUT2D eigenvalue weighted by molar-refractivity contribution is 0.0600. The second kappa shape index (κ2) is 9.58. The molecule has 8 heteroatoms. The van der Waals surface area contributed by atoms with Crippen molar-refractivity contribution in [3.8, 4) is 0 Å². The number of esters is 1. The number of aromatic nitrogens is 4. The third-order valence-electron chi connectivity index (χ3n) is 4.74. The average molecular weight is 412 g/mol. The predicted molar refractivity (Wildman–Crippen MR) is 108 cm³/mol. The van der Waals surface area contributed by atoms with E-state index in [0.29, 0.717) is 30.8 Å². The first-order valence-electron chi connectivity index (χ1n) is 9.77. The van der Waals surface area contributed by atoms with Crippen molar-refractivity contribution in [3.05, 3.63) is 76.4 Å². The van der Waals surface area contributed by atoms with Gasteiger partial charge in [-0.25, -0.2) is 9.18 Å². The number of aliphatic hydroxyl groups is 1. The number of benzene rings is 1. The van der Waals surface area contributed by atoms with Gasteiger partial charge in [0.05, 0.1) is 19.2 Å². The van der Waals surface area contributed by atoms with Crippen LogP contribution in [-0.2, 0) is 24.1 Å². The summed E-state index contributed by atoms with van der Waals surface area (Å²) in [6, 6.07) is 9.66. The van der Waals surface area contributed by atoms with Crippen LogP contribution in [-0.4, -0.2) is 37.9 Å². The minimum Gasteiger partial charge on any atom is -0.465 e. The van der Waals surface area contributed by atoms with E-state index in [4.69, 9.17) is 4.74 Å². The first-order valence-corrected chi connectivity index (χ1v) is 9.77. The van der Waals surface area contributed by atoms with Crippen LogP contribution >= 0.6 is 0 Å². The molecule has 0 spiro atoms. The number of carbonyl (C=O) groups excluding carboxylic acids is 1. The van der Waals surface area contributed by atoms with Crippen molar-refractivity contribution in [2.75, 3.05) is 7.11 Å². The molecule has 0 saturated carbocycles. The standard InChI is InChI=1S/C22H25FN4O3/c1-14-11-17(22(29)30-3)12-19(24-14)5-4-6-20-25-26-21(15(2)28)27(20)13-16-7-9-18(23)10-8-16/h7-12,15,28H,4-6,13H2,1-3H3. The van der Waals surface area contributed by atoms with Crippen LogP contribution in [0.5, 0.6) is 0 Å². The molecule has 30 heavy (non-hydrogen) atoms. The molecule has 7 nitrogen and oxygen atoms in total. The van der Waals surface area contributed by atoms with Crippen molar-refractivity contribution in [2.45, 2.75) is 45.8 Å². The number of hydrogen-bond donors (Lipinski definition) is 1. The molecule has 3 aromatic rings. The Morgan fingerprint density at radius 2 is 1.93 bits per heavy atom. The maximum Gasteiger partial charge on any atom is 0.337 e. The van der Waals surface area contributed by atoms with Gasteiger partial charge in [0, 0.05) is 17.8 Å². The Kier molecular flexibility index (Phi) is 6.89. The van der Waals surface area contributed by atoms with Gasteiger partial charge in [0.15, 0.2) is 5.82 Å². The highest BCUT2D eigenvalue weighted by Gasteiger charge is 2.16. The molecule has 0 aliphatic rings. The summed E-state index contributed by atoms with van der Waals surface area (Å²) < 4.78 is 19.9. The molecule has 3 rings (SSSR count). The number of ether oxygens (including phenoxy) is 1. The fourth-order valence-electron chi connectivity index (χ4n) is 3.32. The van der Waals surface area contributed by atoms with Gasteiger partial charge in [-0.05, 0) is 56.5 Å². The van der Waals surface area contributed by atoms with Crippen LogP contribution in [0.2, 0.25) is 0 Å². The van der Waals surface area contributed by atoms with E-state index in [9.17, 15) is 14.3 Å². The average Bonchev–Trinajstić information content (AvgIpc) is 3.11. The molecule has 0 aliphatic heterocycles. The Bertz CT molecular complexity index is 1020. The Balaban J connectivity index is 1.73. The third kappa shape index (κ3) is 5.27. The zero-order valence-corrected chi connectivity index (χ0v) is 17.3. The van der Waals surface area contributed by atoms with Crippen LogP contribution in [0.25, 0.3) is 0 Å². The number of pyridine rings is 1. The van der Waals surface area contributed by atoms with Gasteiger partial charge in [0.25, 0.3) is 0 Å². The number of hydrogen-bond acceptors (Lipinski definition) is 6. The predicted octanol–water partition coefficient (Wildman–Crippen LogP) is 3.18. The minimum absolute atomic E-state index is 0.296. The van der Waals surface area contributed by atoms with E-state index in [2.05, 4.69) is 15.2 Å². The Hall–Kier alpha value is -3.13. The smallest absolute Gasteiger partial charge is 0.337 e. The largest absolute Gasteiger partial charge is 0.465 e. The van der Waals surface area contributed by atoms with Crippen LogP contribution < -0.4 is 0 Å². The third-order valence-corrected chi connectivity index (χ3v) is 4.74. The number of aliphatic hydroxyl groups excluding tert-OH is 1. The summed E-state index contributed by atoms with van der Waals surface area (Å²) in [5.74, 6) is 0.518. The molecule has 2 heterocycles. The Morgan fingerprint density at radius 1 is 1.20 bits per heavy atom. The topological polar surface area (TPSA) is 90.1 Å². The van der Waals surface area contributed by atoms with Gasteiger partial charge >= 0.3 is 5.97 Å². The summed E-state index contributed by atoms with van der Waals surface area (Å²) in [5, 5.41) is 18.4. The molecule has 0 amide bonds. The highest BCUT2D eigenvalue weighted by molar-refractivity contribution is 5.89. The zero-order chi connectivity index (χ0) is 21.7. The minimum atomic E-state index is -0.771. The van der Waals surface area contributed by atoms with Crippen LogP contribution in [0, 0.1) is 12.7 Å². The number of aryl methyl sites for hydroxylation is 3. The Morgan fingerprint density at radius 3 is 2.60 bits per heavy atom. The number of carbonyl (C=O) groups is 1. The molecular weight excluding hydrogens is 387 g/mol. The molecule has 1 aromatic carbocycles. The molecule has 1 atom stereocenters. The molecule has 1 unspecified atom stereocenters. The number of rotatable bonds is 8. The molecule has 0 aliphatic carbocycles. The van der Waals surface area contributed by atoms with Crippen molar-refractivity contribution < 1.29 is 19.0 Å². The van der Waals surface area contributed by atoms with Crippen molar-refractivity contribution in [3.63, 3.8) is 0 Å². The van der Waals surface area contributed by atoms with Crippen molar-refractivity contribution in [1.29, 1.82) is 0 Å². The molecule has 0 saturated heterocycles. The lowest BCUT2D eigenvalue weighted by Gasteiger charge is -2.12. The van der Waals surface area contributed by atoms with Gasteiger partial charge < -0.3 is 14.4 Å². The van der Waals surface area contributed by atoms with Crippen LogP contribution in [0.1, 0.15) is 58.4 Å². The van der Waals surface area contributed by atoms with Crippen molar-refractivity contribution in [2.24, 2.45) is 0 Å². The van der Waals surface area contributed by atoms with Crippen LogP contribution in [0.3, 0.4) is 0 Å². The van der Waals surface area contributed by atoms with E-state index < -0.39 is 6.10 Å². The van der Waals surface area contributed by atoms with Crippen molar-refractivity contribution in [1.82, 2.24) is 19.7 Å². The van der Waals surface area contributed by atoms with E-state index in [1.807, 2.05) is 11.5 Å². The number of halogens is 1. The van der Waals surface area contributed by atoms with Gasteiger partial charge in [-0.15, -0.1) is 10.2 Å². The lowest BCUT2D eigenvalue weighted by Crippen LogP contribution is -2.12. The first kappa shape index (κ1) is 21.6. The molecule has 2 aromatic heterocycles. The summed E-state index contributed by atoms with van der Waals surface area (Å²) in [4.78, 5) is 16.3. The maximum absolute atomic E-state index is 13.2. The Labute approximate surface area is 174 Å². The van der Waals surface area contributed by atoms with E-state index in [1.54, 1.807) is 31.2 Å². The second-order valence-corrected chi connectivity index (χ2v) is 7.20. The lowest BCUT2D eigenvalue weighted by atomic mass is 10.1. The molecule has 1 N–H and O–H groups in total. The molecule has 0 bridgehead atoms. The molecule has 158 valence electrons. The van der Waals surface area contributed by atoms with Gasteiger partial charge in [-0.3, -0.25) is 4.98 Å².